The molecule has 0 aliphatic carbocycles. The quantitative estimate of drug-likeness (QED) is 0.578. The Labute approximate surface area is 170 Å². The van der Waals surface area contributed by atoms with Gasteiger partial charge >= 0.3 is 0 Å². The van der Waals surface area contributed by atoms with Crippen LogP contribution in [-0.4, -0.2) is 42.1 Å². The van der Waals surface area contributed by atoms with Gasteiger partial charge in [0.2, 0.25) is 0 Å². The fourth-order valence-electron chi connectivity index (χ4n) is 3.09. The largest absolute Gasteiger partial charge is 0.378 e. The van der Waals surface area contributed by atoms with Crippen LogP contribution in [0.5, 0.6) is 0 Å². The highest BCUT2D eigenvalue weighted by Crippen LogP contribution is 2.32. The van der Waals surface area contributed by atoms with Crippen LogP contribution in [0.4, 0.5) is 22.7 Å². The molecular weight excluding hydrogens is 404 g/mol. The second-order valence-corrected chi connectivity index (χ2v) is 6.80. The molecule has 1 heterocycles. The first-order chi connectivity index (χ1) is 13.8. The van der Waals surface area contributed by atoms with Crippen LogP contribution in [0.25, 0.3) is 0 Å². The molecule has 0 aromatic heterocycles. The zero-order valence-corrected chi connectivity index (χ0v) is 16.1. The topological polar surface area (TPSA) is 128 Å². The van der Waals surface area contributed by atoms with Crippen molar-refractivity contribution in [3.63, 3.8) is 0 Å². The molecule has 0 atom stereocenters. The summed E-state index contributed by atoms with van der Waals surface area (Å²) in [5.74, 6) is -0.703. The Balaban J connectivity index is 2.00. The summed E-state index contributed by atoms with van der Waals surface area (Å²) in [6.07, 6.45) is 0. The lowest BCUT2D eigenvalue weighted by molar-refractivity contribution is -0.394. The number of anilines is 2. The Morgan fingerprint density at radius 1 is 1.14 bits per heavy atom. The van der Waals surface area contributed by atoms with E-state index >= 15 is 0 Å². The first kappa shape index (κ1) is 20.5. The number of hydrogen-bond acceptors (Lipinski definition) is 7. The summed E-state index contributed by atoms with van der Waals surface area (Å²) in [6.45, 7) is 3.67. The Bertz CT molecular complexity index is 991. The molecule has 0 bridgehead atoms. The van der Waals surface area contributed by atoms with E-state index in [1.54, 1.807) is 18.2 Å². The van der Waals surface area contributed by atoms with E-state index in [0.29, 0.717) is 42.7 Å². The first-order valence-corrected chi connectivity index (χ1v) is 9.02. The van der Waals surface area contributed by atoms with E-state index in [9.17, 15) is 25.0 Å². The minimum absolute atomic E-state index is 0.0352. The number of benzene rings is 2. The van der Waals surface area contributed by atoms with Crippen molar-refractivity contribution in [3.05, 3.63) is 66.7 Å². The first-order valence-electron chi connectivity index (χ1n) is 8.65. The Morgan fingerprint density at radius 3 is 2.45 bits per heavy atom. The van der Waals surface area contributed by atoms with Gasteiger partial charge in [-0.05, 0) is 25.1 Å². The van der Waals surface area contributed by atoms with Crippen LogP contribution >= 0.6 is 11.6 Å². The van der Waals surface area contributed by atoms with Crippen LogP contribution in [0, 0.1) is 27.2 Å². The van der Waals surface area contributed by atoms with E-state index in [1.165, 1.54) is 6.92 Å². The minimum Gasteiger partial charge on any atom is -0.378 e. The number of nitrogens with zero attached hydrogens (tertiary/aromatic N) is 3. The molecule has 3 rings (SSSR count). The number of rotatable bonds is 5. The van der Waals surface area contributed by atoms with Crippen molar-refractivity contribution in [2.24, 2.45) is 0 Å². The average Bonchev–Trinajstić information content (AvgIpc) is 2.68. The monoisotopic (exact) mass is 420 g/mol. The molecular formula is C18H17ClN4O6. The van der Waals surface area contributed by atoms with Gasteiger partial charge in [-0.15, -0.1) is 0 Å². The second-order valence-electron chi connectivity index (χ2n) is 6.37. The SMILES string of the molecule is Cc1c(C(=O)Nc2cc(Cl)ccc2N2CCOCC2)cc([N+](=O)[O-])cc1[N+](=O)[O-]. The number of non-ortho nitro benzene ring substituents is 1. The van der Waals surface area contributed by atoms with Crippen LogP contribution in [0.3, 0.4) is 0 Å². The van der Waals surface area contributed by atoms with E-state index in [2.05, 4.69) is 5.32 Å². The lowest BCUT2D eigenvalue weighted by Gasteiger charge is -2.30. The third-order valence-electron chi connectivity index (χ3n) is 4.58. The number of nitro benzene ring substituents is 2. The molecule has 0 radical (unpaired) electrons. The Kier molecular flexibility index (Phi) is 5.95. The minimum atomic E-state index is -0.776. The number of halogens is 1. The van der Waals surface area contributed by atoms with Gasteiger partial charge in [-0.3, -0.25) is 25.0 Å². The normalized spacial score (nSPS) is 13.8. The van der Waals surface area contributed by atoms with Gasteiger partial charge in [-0.2, -0.15) is 0 Å². The van der Waals surface area contributed by atoms with Gasteiger partial charge in [0.1, 0.15) is 0 Å². The number of morpholine rings is 1. The predicted molar refractivity (Wildman–Crippen MR) is 107 cm³/mol. The maximum Gasteiger partial charge on any atom is 0.279 e. The number of nitro groups is 2. The summed E-state index contributed by atoms with van der Waals surface area (Å²) in [7, 11) is 0. The fourth-order valence-corrected chi connectivity index (χ4v) is 3.27. The average molecular weight is 421 g/mol. The summed E-state index contributed by atoms with van der Waals surface area (Å²) in [5, 5.41) is 25.5. The van der Waals surface area contributed by atoms with Gasteiger partial charge in [0.05, 0.1) is 46.1 Å². The van der Waals surface area contributed by atoms with E-state index in [-0.39, 0.29) is 11.1 Å². The zero-order valence-electron chi connectivity index (χ0n) is 15.4. The third-order valence-corrected chi connectivity index (χ3v) is 4.81. The predicted octanol–water partition coefficient (Wildman–Crippen LogP) is 3.55. The molecule has 0 spiro atoms. The van der Waals surface area contributed by atoms with Crippen LogP contribution in [-0.2, 0) is 4.74 Å². The van der Waals surface area contributed by atoms with E-state index in [4.69, 9.17) is 16.3 Å². The van der Waals surface area contributed by atoms with Gasteiger partial charge in [0, 0.05) is 29.7 Å². The lowest BCUT2D eigenvalue weighted by atomic mass is 10.0. The van der Waals surface area contributed by atoms with Crippen molar-refractivity contribution in [2.75, 3.05) is 36.5 Å². The molecule has 2 aromatic carbocycles. The smallest absolute Gasteiger partial charge is 0.279 e. The molecule has 2 aromatic rings. The maximum atomic E-state index is 12.9. The van der Waals surface area contributed by atoms with Gasteiger partial charge < -0.3 is 15.0 Å². The number of ether oxygens (including phenoxy) is 1. The summed E-state index contributed by atoms with van der Waals surface area (Å²) in [5.41, 5.74) is -0.0377. The van der Waals surface area contributed by atoms with Crippen LogP contribution in [0.1, 0.15) is 15.9 Å². The molecule has 0 unspecified atom stereocenters. The van der Waals surface area contributed by atoms with Crippen molar-refractivity contribution in [1.29, 1.82) is 0 Å². The second kappa shape index (κ2) is 8.41. The van der Waals surface area contributed by atoms with Crippen molar-refractivity contribution in [3.8, 4) is 0 Å². The van der Waals surface area contributed by atoms with Crippen LogP contribution in [0.2, 0.25) is 5.02 Å². The molecule has 1 amide bonds. The molecule has 0 saturated carbocycles. The highest BCUT2D eigenvalue weighted by molar-refractivity contribution is 6.31. The molecule has 10 nitrogen and oxygen atoms in total. The molecule has 1 N–H and O–H groups in total. The summed E-state index contributed by atoms with van der Waals surface area (Å²) in [4.78, 5) is 35.8. The van der Waals surface area contributed by atoms with E-state index in [1.807, 2.05) is 4.90 Å². The van der Waals surface area contributed by atoms with Crippen molar-refractivity contribution in [2.45, 2.75) is 6.92 Å². The van der Waals surface area contributed by atoms with Gasteiger partial charge in [0.15, 0.2) is 0 Å². The lowest BCUT2D eigenvalue weighted by Crippen LogP contribution is -2.36. The summed E-state index contributed by atoms with van der Waals surface area (Å²) < 4.78 is 5.34. The molecule has 1 fully saturated rings. The van der Waals surface area contributed by atoms with Crippen molar-refractivity contribution in [1.82, 2.24) is 0 Å². The summed E-state index contributed by atoms with van der Waals surface area (Å²) in [6, 6.07) is 6.87. The van der Waals surface area contributed by atoms with Crippen LogP contribution in [0.15, 0.2) is 30.3 Å². The standard InChI is InChI=1S/C18H17ClN4O6/c1-11-14(9-13(22(25)26)10-17(11)23(27)28)18(24)20-15-8-12(19)2-3-16(15)21-4-6-29-7-5-21/h2-3,8-10H,4-7H2,1H3,(H,20,24). The van der Waals surface area contributed by atoms with E-state index < -0.39 is 27.1 Å². The summed E-state index contributed by atoms with van der Waals surface area (Å²) >= 11 is 6.08. The Hall–Kier alpha value is -3.24. The highest BCUT2D eigenvalue weighted by atomic mass is 35.5. The molecule has 1 aliphatic heterocycles. The number of amides is 1. The van der Waals surface area contributed by atoms with Crippen molar-refractivity contribution >= 4 is 40.3 Å². The third kappa shape index (κ3) is 4.44. The zero-order chi connectivity index (χ0) is 21.1. The highest BCUT2D eigenvalue weighted by Gasteiger charge is 2.25. The Morgan fingerprint density at radius 2 is 1.83 bits per heavy atom. The molecule has 152 valence electrons. The van der Waals surface area contributed by atoms with Crippen molar-refractivity contribution < 1.29 is 19.4 Å². The van der Waals surface area contributed by atoms with E-state index in [0.717, 1.165) is 12.1 Å². The number of carbonyl (C=O) groups is 1. The van der Waals surface area contributed by atoms with Gasteiger partial charge in [0.25, 0.3) is 17.3 Å². The number of hydrogen-bond donors (Lipinski definition) is 1. The number of carbonyl (C=O) groups excluding carboxylic acids is 1. The number of nitrogens with one attached hydrogen (secondary N) is 1. The molecule has 29 heavy (non-hydrogen) atoms. The fraction of sp³-hybridized carbons (Fsp3) is 0.278. The maximum absolute atomic E-state index is 12.9. The molecule has 11 heteroatoms. The van der Waals surface area contributed by atoms with Gasteiger partial charge in [-0.1, -0.05) is 11.6 Å². The molecule has 1 aliphatic rings. The van der Waals surface area contributed by atoms with Crippen LogP contribution < -0.4 is 10.2 Å². The molecule has 1 saturated heterocycles. The van der Waals surface area contributed by atoms with Gasteiger partial charge in [-0.25, -0.2) is 0 Å².